The Bertz CT molecular complexity index is 644. The molecule has 242 valence electrons. The number of allylic oxidation sites excluding steroid dienone is 4. The molecule has 0 saturated heterocycles. The van der Waals surface area contributed by atoms with Gasteiger partial charge in [0.25, 0.3) is 0 Å². The fourth-order valence-electron chi connectivity index (χ4n) is 5.22. The van der Waals surface area contributed by atoms with Crippen molar-refractivity contribution in [3.05, 3.63) is 23.8 Å². The summed E-state index contributed by atoms with van der Waals surface area (Å²) in [4.78, 5) is 12.1. The van der Waals surface area contributed by atoms with Crippen LogP contribution in [0, 0.1) is 11.8 Å². The molecule has 0 fully saturated rings. The fourth-order valence-corrected chi connectivity index (χ4v) is 5.22. The molecule has 0 aliphatic rings. The van der Waals surface area contributed by atoms with Crippen molar-refractivity contribution < 1.29 is 14.3 Å². The fraction of sp³-hybridized carbons (Fsp3) is 0.868. The third-order valence-electron chi connectivity index (χ3n) is 8.31. The van der Waals surface area contributed by atoms with Crippen molar-refractivity contribution in [2.45, 2.75) is 189 Å². The Morgan fingerprint density at radius 2 is 1.24 bits per heavy atom. The van der Waals surface area contributed by atoms with Gasteiger partial charge in [-0.2, -0.15) is 0 Å². The molecule has 3 heteroatoms. The molecule has 0 N–H and O–H groups in total. The van der Waals surface area contributed by atoms with E-state index in [0.29, 0.717) is 24.9 Å². The summed E-state index contributed by atoms with van der Waals surface area (Å²) in [7, 11) is 0. The summed E-state index contributed by atoms with van der Waals surface area (Å²) < 4.78 is 11.8. The van der Waals surface area contributed by atoms with Crippen LogP contribution in [0.4, 0.5) is 0 Å². The predicted molar refractivity (Wildman–Crippen MR) is 181 cm³/mol. The molecule has 0 aromatic rings. The van der Waals surface area contributed by atoms with Crippen molar-refractivity contribution in [3.8, 4) is 0 Å². The first-order valence-electron chi connectivity index (χ1n) is 17.7. The lowest BCUT2D eigenvalue weighted by Gasteiger charge is -2.27. The Hall–Kier alpha value is -1.09. The van der Waals surface area contributed by atoms with E-state index in [1.807, 2.05) is 0 Å². The summed E-state index contributed by atoms with van der Waals surface area (Å²) in [6.45, 7) is 17.1. The summed E-state index contributed by atoms with van der Waals surface area (Å²) >= 11 is 0. The molecule has 0 aliphatic carbocycles. The normalized spacial score (nSPS) is 13.4. The smallest absolute Gasteiger partial charge is 0.305 e. The van der Waals surface area contributed by atoms with Crippen LogP contribution in [0.1, 0.15) is 183 Å². The minimum absolute atomic E-state index is 0.0144. The Morgan fingerprint density at radius 3 is 1.88 bits per heavy atom. The van der Waals surface area contributed by atoms with Crippen LogP contribution >= 0.6 is 0 Å². The van der Waals surface area contributed by atoms with E-state index < -0.39 is 0 Å². The second kappa shape index (κ2) is 27.7. The largest absolute Gasteiger partial charge is 0.466 e. The zero-order valence-corrected chi connectivity index (χ0v) is 28.9. The van der Waals surface area contributed by atoms with Crippen LogP contribution in [-0.4, -0.2) is 24.8 Å². The van der Waals surface area contributed by atoms with Gasteiger partial charge in [-0.3, -0.25) is 4.79 Å². The lowest BCUT2D eigenvalue weighted by atomic mass is 9.95. The van der Waals surface area contributed by atoms with Gasteiger partial charge in [0, 0.05) is 13.0 Å². The van der Waals surface area contributed by atoms with Gasteiger partial charge in [-0.15, -0.1) is 0 Å². The molecule has 3 nitrogen and oxygen atoms in total. The molecule has 0 bridgehead atoms. The molecule has 0 aromatic carbocycles. The highest BCUT2D eigenvalue weighted by atomic mass is 16.5. The van der Waals surface area contributed by atoms with E-state index in [2.05, 4.69) is 66.7 Å². The number of esters is 1. The Labute approximate surface area is 257 Å². The molecular weight excluding hydrogens is 504 g/mol. The minimum Gasteiger partial charge on any atom is -0.466 e. The van der Waals surface area contributed by atoms with Gasteiger partial charge < -0.3 is 9.47 Å². The highest BCUT2D eigenvalue weighted by Crippen LogP contribution is 2.23. The van der Waals surface area contributed by atoms with Gasteiger partial charge in [-0.1, -0.05) is 109 Å². The van der Waals surface area contributed by atoms with Gasteiger partial charge in [0.15, 0.2) is 0 Å². The third-order valence-corrected chi connectivity index (χ3v) is 8.31. The van der Waals surface area contributed by atoms with Gasteiger partial charge in [0.2, 0.25) is 0 Å². The number of carbonyl (C=O) groups is 1. The standard InChI is InChI=1S/C38H72O3/c1-8-9-10-11-12-13-14-15-16-17-18-19-20-21-22-28-37(39)40-32-29-36(5)27-24-31-38(6,7)41-33-30-35(4)26-23-25-34(2)3/h15-16,25,35-36H,8-14,17-24,26-33H2,1-7H3/b16-15+. The number of ether oxygens (including phenoxy) is 2. The summed E-state index contributed by atoms with van der Waals surface area (Å²) in [6.07, 6.45) is 32.2. The molecular formula is C38H72O3. The van der Waals surface area contributed by atoms with Gasteiger partial charge in [0.1, 0.15) is 0 Å². The first kappa shape index (κ1) is 39.9. The molecule has 0 aromatic heterocycles. The van der Waals surface area contributed by atoms with Gasteiger partial charge in [-0.05, 0) is 104 Å². The number of hydrogen-bond acceptors (Lipinski definition) is 3. The van der Waals surface area contributed by atoms with Crippen LogP contribution in [0.2, 0.25) is 0 Å². The molecule has 0 radical (unpaired) electrons. The summed E-state index contributed by atoms with van der Waals surface area (Å²) in [6, 6.07) is 0. The molecule has 2 atom stereocenters. The maximum absolute atomic E-state index is 12.1. The maximum atomic E-state index is 12.1. The Morgan fingerprint density at radius 1 is 0.683 bits per heavy atom. The van der Waals surface area contributed by atoms with E-state index in [-0.39, 0.29) is 11.6 Å². The average molecular weight is 577 g/mol. The van der Waals surface area contributed by atoms with Crippen molar-refractivity contribution in [3.63, 3.8) is 0 Å². The van der Waals surface area contributed by atoms with Crippen molar-refractivity contribution in [1.82, 2.24) is 0 Å². The SMILES string of the molecule is CCCCCCCC/C=C/CCCCCCCC(=O)OCCC(C)CCCC(C)(C)OCCC(C)CCC=C(C)C. The monoisotopic (exact) mass is 577 g/mol. The molecule has 0 rings (SSSR count). The Kier molecular flexibility index (Phi) is 27.0. The van der Waals surface area contributed by atoms with Gasteiger partial charge in [0.05, 0.1) is 12.2 Å². The van der Waals surface area contributed by atoms with Crippen molar-refractivity contribution in [1.29, 1.82) is 0 Å². The van der Waals surface area contributed by atoms with Crippen LogP contribution in [0.5, 0.6) is 0 Å². The summed E-state index contributed by atoms with van der Waals surface area (Å²) in [5, 5.41) is 0. The average Bonchev–Trinajstić information content (AvgIpc) is 2.90. The van der Waals surface area contributed by atoms with Crippen LogP contribution < -0.4 is 0 Å². The van der Waals surface area contributed by atoms with Crippen molar-refractivity contribution in [2.75, 3.05) is 13.2 Å². The minimum atomic E-state index is -0.0598. The molecule has 0 amide bonds. The number of hydrogen-bond donors (Lipinski definition) is 0. The van der Waals surface area contributed by atoms with Crippen molar-refractivity contribution in [2.24, 2.45) is 11.8 Å². The number of carbonyl (C=O) groups excluding carboxylic acids is 1. The first-order chi connectivity index (χ1) is 19.7. The zero-order valence-electron chi connectivity index (χ0n) is 28.9. The van der Waals surface area contributed by atoms with E-state index in [4.69, 9.17) is 9.47 Å². The van der Waals surface area contributed by atoms with Crippen molar-refractivity contribution >= 4 is 5.97 Å². The quantitative estimate of drug-likeness (QED) is 0.0504. The molecule has 0 aliphatic heterocycles. The summed E-state index contributed by atoms with van der Waals surface area (Å²) in [5.74, 6) is 1.27. The van der Waals surface area contributed by atoms with E-state index in [9.17, 15) is 4.79 Å². The maximum Gasteiger partial charge on any atom is 0.305 e. The highest BCUT2D eigenvalue weighted by Gasteiger charge is 2.19. The van der Waals surface area contributed by atoms with E-state index in [1.54, 1.807) is 0 Å². The molecule has 41 heavy (non-hydrogen) atoms. The third kappa shape index (κ3) is 30.2. The van der Waals surface area contributed by atoms with Gasteiger partial charge >= 0.3 is 5.97 Å². The highest BCUT2D eigenvalue weighted by molar-refractivity contribution is 5.69. The molecule has 2 unspecified atom stereocenters. The van der Waals surface area contributed by atoms with E-state index >= 15 is 0 Å². The second-order valence-corrected chi connectivity index (χ2v) is 13.7. The number of unbranched alkanes of at least 4 members (excludes halogenated alkanes) is 11. The predicted octanol–water partition coefficient (Wildman–Crippen LogP) is 12.3. The zero-order chi connectivity index (χ0) is 30.6. The number of rotatable bonds is 29. The van der Waals surface area contributed by atoms with Crippen LogP contribution in [0.3, 0.4) is 0 Å². The molecule has 0 heterocycles. The second-order valence-electron chi connectivity index (χ2n) is 13.7. The van der Waals surface area contributed by atoms with Gasteiger partial charge in [-0.25, -0.2) is 0 Å². The lowest BCUT2D eigenvalue weighted by molar-refractivity contribution is -0.144. The van der Waals surface area contributed by atoms with E-state index in [0.717, 1.165) is 51.6 Å². The van der Waals surface area contributed by atoms with Crippen LogP contribution in [0.15, 0.2) is 23.8 Å². The molecule has 0 spiro atoms. The summed E-state index contributed by atoms with van der Waals surface area (Å²) in [5.41, 5.74) is 1.35. The first-order valence-corrected chi connectivity index (χ1v) is 17.7. The topological polar surface area (TPSA) is 35.5 Å². The van der Waals surface area contributed by atoms with Crippen LogP contribution in [-0.2, 0) is 14.3 Å². The van der Waals surface area contributed by atoms with Crippen LogP contribution in [0.25, 0.3) is 0 Å². The Balaban J connectivity index is 3.61. The molecule has 0 saturated carbocycles. The van der Waals surface area contributed by atoms with E-state index in [1.165, 1.54) is 89.0 Å². The lowest BCUT2D eigenvalue weighted by Crippen LogP contribution is -2.25.